The van der Waals surface area contributed by atoms with Crippen LogP contribution in [0.2, 0.25) is 0 Å². The molecular weight excluding hydrogens is 220 g/mol. The Balaban J connectivity index is 1.93. The summed E-state index contributed by atoms with van der Waals surface area (Å²) in [5.41, 5.74) is 2.85. The molecule has 1 heterocycles. The molecule has 1 atom stereocenters. The van der Waals surface area contributed by atoms with E-state index >= 15 is 0 Å². The van der Waals surface area contributed by atoms with Crippen LogP contribution >= 0.6 is 0 Å². The molecular formula is C16H26N2. The second-order valence-electron chi connectivity index (χ2n) is 5.50. The van der Waals surface area contributed by atoms with E-state index < -0.39 is 0 Å². The first-order chi connectivity index (χ1) is 8.81. The minimum absolute atomic E-state index is 0.916. The summed E-state index contributed by atoms with van der Waals surface area (Å²) in [5.74, 6) is 0.916. The van der Waals surface area contributed by atoms with Gasteiger partial charge in [-0.3, -0.25) is 4.90 Å². The maximum atomic E-state index is 3.22. The Bertz CT molecular complexity index is 362. The van der Waals surface area contributed by atoms with Gasteiger partial charge in [-0.25, -0.2) is 0 Å². The van der Waals surface area contributed by atoms with Crippen molar-refractivity contribution < 1.29 is 0 Å². The molecule has 0 radical (unpaired) electrons. The minimum atomic E-state index is 0.916. The lowest BCUT2D eigenvalue weighted by molar-refractivity contribution is 0.164. The number of nitrogens with zero attached hydrogens (tertiary/aromatic N) is 1. The molecule has 1 fully saturated rings. The topological polar surface area (TPSA) is 15.3 Å². The lowest BCUT2D eigenvalue weighted by Gasteiger charge is -2.32. The highest BCUT2D eigenvalue weighted by atomic mass is 15.1. The first-order valence-electron chi connectivity index (χ1n) is 7.26. The van der Waals surface area contributed by atoms with Crippen LogP contribution in [-0.2, 0) is 13.1 Å². The molecule has 1 aliphatic heterocycles. The first kappa shape index (κ1) is 13.6. The Morgan fingerprint density at radius 1 is 1.33 bits per heavy atom. The van der Waals surface area contributed by atoms with E-state index in [1.807, 2.05) is 7.05 Å². The summed E-state index contributed by atoms with van der Waals surface area (Å²) in [4.78, 5) is 2.62. The van der Waals surface area contributed by atoms with Gasteiger partial charge in [0.05, 0.1) is 0 Å². The van der Waals surface area contributed by atoms with Crippen molar-refractivity contribution >= 4 is 0 Å². The van der Waals surface area contributed by atoms with Gasteiger partial charge in [0.2, 0.25) is 0 Å². The summed E-state index contributed by atoms with van der Waals surface area (Å²) in [7, 11) is 2.00. The molecule has 0 aliphatic carbocycles. The average Bonchev–Trinajstić information content (AvgIpc) is 2.40. The fourth-order valence-corrected chi connectivity index (χ4v) is 2.93. The van der Waals surface area contributed by atoms with Gasteiger partial charge in [-0.05, 0) is 43.5 Å². The molecule has 2 heteroatoms. The van der Waals surface area contributed by atoms with Gasteiger partial charge in [-0.15, -0.1) is 0 Å². The Kier molecular flexibility index (Phi) is 5.21. The third-order valence-corrected chi connectivity index (χ3v) is 3.96. The summed E-state index contributed by atoms with van der Waals surface area (Å²) in [6, 6.07) is 8.98. The van der Waals surface area contributed by atoms with Crippen LogP contribution in [0.15, 0.2) is 24.3 Å². The van der Waals surface area contributed by atoms with Gasteiger partial charge in [0.15, 0.2) is 0 Å². The van der Waals surface area contributed by atoms with Crippen LogP contribution in [-0.4, -0.2) is 25.0 Å². The first-order valence-corrected chi connectivity index (χ1v) is 7.26. The van der Waals surface area contributed by atoms with Gasteiger partial charge in [-0.1, -0.05) is 37.6 Å². The van der Waals surface area contributed by atoms with Crippen LogP contribution < -0.4 is 5.32 Å². The molecule has 0 aromatic heterocycles. The second kappa shape index (κ2) is 6.91. The van der Waals surface area contributed by atoms with E-state index in [-0.39, 0.29) is 0 Å². The minimum Gasteiger partial charge on any atom is -0.316 e. The molecule has 0 spiro atoms. The van der Waals surface area contributed by atoms with E-state index in [0.717, 1.165) is 19.0 Å². The molecule has 1 aliphatic rings. The van der Waals surface area contributed by atoms with Crippen molar-refractivity contribution in [1.29, 1.82) is 0 Å². The summed E-state index contributed by atoms with van der Waals surface area (Å²) in [6.45, 7) is 6.96. The largest absolute Gasteiger partial charge is 0.316 e. The average molecular weight is 246 g/mol. The quantitative estimate of drug-likeness (QED) is 0.859. The highest BCUT2D eigenvalue weighted by Crippen LogP contribution is 2.21. The Labute approximate surface area is 111 Å². The van der Waals surface area contributed by atoms with Crippen molar-refractivity contribution in [2.24, 2.45) is 5.92 Å². The highest BCUT2D eigenvalue weighted by molar-refractivity contribution is 5.23. The maximum Gasteiger partial charge on any atom is 0.0233 e. The lowest BCUT2D eigenvalue weighted by Crippen LogP contribution is -2.34. The summed E-state index contributed by atoms with van der Waals surface area (Å²) < 4.78 is 0. The van der Waals surface area contributed by atoms with Gasteiger partial charge >= 0.3 is 0 Å². The van der Waals surface area contributed by atoms with Crippen molar-refractivity contribution in [3.8, 4) is 0 Å². The van der Waals surface area contributed by atoms with E-state index in [1.165, 1.54) is 43.5 Å². The van der Waals surface area contributed by atoms with E-state index in [0.29, 0.717) is 0 Å². The molecule has 1 N–H and O–H groups in total. The Hall–Kier alpha value is -0.860. The SMILES string of the molecule is CCC1CCCN(Cc2cccc(CNC)c2)C1. The molecule has 0 amide bonds. The lowest BCUT2D eigenvalue weighted by atomic mass is 9.95. The molecule has 1 saturated heterocycles. The normalized spacial score (nSPS) is 21.1. The number of piperidine rings is 1. The van der Waals surface area contributed by atoms with E-state index in [9.17, 15) is 0 Å². The number of rotatable bonds is 5. The second-order valence-corrected chi connectivity index (χ2v) is 5.50. The number of benzene rings is 1. The summed E-state index contributed by atoms with van der Waals surface area (Å²) in [5, 5.41) is 3.22. The smallest absolute Gasteiger partial charge is 0.0233 e. The van der Waals surface area contributed by atoms with E-state index in [1.54, 1.807) is 0 Å². The number of hydrogen-bond donors (Lipinski definition) is 1. The number of likely N-dealkylation sites (tertiary alicyclic amines) is 1. The third kappa shape index (κ3) is 3.82. The number of nitrogens with one attached hydrogen (secondary N) is 1. The molecule has 0 saturated carbocycles. The molecule has 2 rings (SSSR count). The van der Waals surface area contributed by atoms with Crippen molar-refractivity contribution in [3.05, 3.63) is 35.4 Å². The maximum absolute atomic E-state index is 3.22. The molecule has 0 bridgehead atoms. The van der Waals surface area contributed by atoms with Crippen molar-refractivity contribution in [3.63, 3.8) is 0 Å². The van der Waals surface area contributed by atoms with E-state index in [4.69, 9.17) is 0 Å². The van der Waals surface area contributed by atoms with Crippen LogP contribution in [0, 0.1) is 5.92 Å². The molecule has 1 aromatic rings. The van der Waals surface area contributed by atoms with Crippen LogP contribution in [0.1, 0.15) is 37.3 Å². The van der Waals surface area contributed by atoms with Crippen LogP contribution in [0.4, 0.5) is 0 Å². The zero-order valence-electron chi connectivity index (χ0n) is 11.8. The van der Waals surface area contributed by atoms with Crippen LogP contribution in [0.25, 0.3) is 0 Å². The standard InChI is InChI=1S/C16H26N2/c1-3-14-8-5-9-18(12-14)13-16-7-4-6-15(10-16)11-17-2/h4,6-7,10,14,17H,3,5,8-9,11-13H2,1-2H3. The number of hydrogen-bond acceptors (Lipinski definition) is 2. The van der Waals surface area contributed by atoms with Gasteiger partial charge in [0, 0.05) is 19.6 Å². The van der Waals surface area contributed by atoms with Crippen molar-refractivity contribution in [2.75, 3.05) is 20.1 Å². The van der Waals surface area contributed by atoms with Crippen LogP contribution in [0.3, 0.4) is 0 Å². The third-order valence-electron chi connectivity index (χ3n) is 3.96. The van der Waals surface area contributed by atoms with Gasteiger partial charge in [0.1, 0.15) is 0 Å². The van der Waals surface area contributed by atoms with Crippen LogP contribution in [0.5, 0.6) is 0 Å². The zero-order valence-corrected chi connectivity index (χ0v) is 11.8. The monoisotopic (exact) mass is 246 g/mol. The Morgan fingerprint density at radius 2 is 2.17 bits per heavy atom. The van der Waals surface area contributed by atoms with E-state index in [2.05, 4.69) is 41.4 Å². The Morgan fingerprint density at radius 3 is 2.94 bits per heavy atom. The fraction of sp³-hybridized carbons (Fsp3) is 0.625. The zero-order chi connectivity index (χ0) is 12.8. The fourth-order valence-electron chi connectivity index (χ4n) is 2.93. The summed E-state index contributed by atoms with van der Waals surface area (Å²) in [6.07, 6.45) is 4.12. The van der Waals surface area contributed by atoms with Crippen molar-refractivity contribution in [1.82, 2.24) is 10.2 Å². The molecule has 1 unspecified atom stereocenters. The molecule has 2 nitrogen and oxygen atoms in total. The van der Waals surface area contributed by atoms with Gasteiger partial charge in [0.25, 0.3) is 0 Å². The predicted octanol–water partition coefficient (Wildman–Crippen LogP) is 3.03. The molecule has 18 heavy (non-hydrogen) atoms. The predicted molar refractivity (Wildman–Crippen MR) is 77.5 cm³/mol. The van der Waals surface area contributed by atoms with Crippen molar-refractivity contribution in [2.45, 2.75) is 39.3 Å². The summed E-state index contributed by atoms with van der Waals surface area (Å²) >= 11 is 0. The van der Waals surface area contributed by atoms with Gasteiger partial charge in [-0.2, -0.15) is 0 Å². The highest BCUT2D eigenvalue weighted by Gasteiger charge is 2.18. The molecule has 1 aromatic carbocycles. The van der Waals surface area contributed by atoms with Gasteiger partial charge < -0.3 is 5.32 Å². The molecule has 100 valence electrons.